The number of rotatable bonds is 6. The second-order valence-corrected chi connectivity index (χ2v) is 6.50. The van der Waals surface area contributed by atoms with Crippen LogP contribution in [0.15, 0.2) is 47.5 Å². The van der Waals surface area contributed by atoms with E-state index in [-0.39, 0.29) is 4.90 Å². The van der Waals surface area contributed by atoms with Crippen molar-refractivity contribution in [3.63, 3.8) is 0 Å². The van der Waals surface area contributed by atoms with Crippen LogP contribution in [-0.2, 0) is 16.4 Å². The number of nitrogens with one attached hydrogen (secondary N) is 2. The van der Waals surface area contributed by atoms with Crippen molar-refractivity contribution < 1.29 is 8.42 Å². The molecule has 1 heterocycles. The highest BCUT2D eigenvalue weighted by Crippen LogP contribution is 2.11. The minimum absolute atomic E-state index is 0.0950. The normalized spacial score (nSPS) is 11.3. The number of pyridine rings is 1. The molecule has 0 spiro atoms. The monoisotopic (exact) mass is 326 g/mol. The zero-order chi connectivity index (χ0) is 15.3. The lowest BCUT2D eigenvalue weighted by Crippen LogP contribution is -2.26. The Morgan fingerprint density at radius 2 is 1.86 bits per heavy atom. The molecule has 0 saturated carbocycles. The van der Waals surface area contributed by atoms with Crippen molar-refractivity contribution in [1.29, 1.82) is 0 Å². The predicted molar refractivity (Wildman–Crippen MR) is 82.4 cm³/mol. The van der Waals surface area contributed by atoms with Gasteiger partial charge in [0.2, 0.25) is 10.0 Å². The predicted octanol–water partition coefficient (Wildman–Crippen LogP) is 1.54. The highest BCUT2D eigenvalue weighted by atomic mass is 35.5. The van der Waals surface area contributed by atoms with Crippen LogP contribution in [0.5, 0.6) is 0 Å². The number of hydrogen-bond acceptors (Lipinski definition) is 5. The lowest BCUT2D eigenvalue weighted by atomic mass is 10.2. The largest absolute Gasteiger partial charge is 0.308 e. The Morgan fingerprint density at radius 1 is 1.14 bits per heavy atom. The van der Waals surface area contributed by atoms with Crippen LogP contribution in [0.4, 0.5) is 5.82 Å². The molecule has 0 aliphatic carbocycles. The molecule has 0 bridgehead atoms. The molecule has 112 valence electrons. The van der Waals surface area contributed by atoms with E-state index >= 15 is 0 Å². The third-order valence-electron chi connectivity index (χ3n) is 2.81. The van der Waals surface area contributed by atoms with Gasteiger partial charge in [0.15, 0.2) is 0 Å². The van der Waals surface area contributed by atoms with Gasteiger partial charge in [-0.1, -0.05) is 23.7 Å². The maximum absolute atomic E-state index is 12.1. The van der Waals surface area contributed by atoms with Crippen molar-refractivity contribution in [2.75, 3.05) is 12.0 Å². The summed E-state index contributed by atoms with van der Waals surface area (Å²) >= 11 is 5.79. The lowest BCUT2D eigenvalue weighted by Gasteiger charge is -2.07. The van der Waals surface area contributed by atoms with Crippen LogP contribution in [0.25, 0.3) is 0 Å². The minimum atomic E-state index is -3.57. The van der Waals surface area contributed by atoms with Crippen molar-refractivity contribution in [3.8, 4) is 0 Å². The topological polar surface area (TPSA) is 97.1 Å². The minimum Gasteiger partial charge on any atom is -0.308 e. The summed E-state index contributed by atoms with van der Waals surface area (Å²) in [5.41, 5.74) is 3.34. The van der Waals surface area contributed by atoms with Gasteiger partial charge < -0.3 is 5.43 Å². The van der Waals surface area contributed by atoms with Gasteiger partial charge in [0.25, 0.3) is 0 Å². The maximum atomic E-state index is 12.1. The number of anilines is 1. The summed E-state index contributed by atoms with van der Waals surface area (Å²) in [6, 6.07) is 10.2. The molecule has 1 aromatic heterocycles. The summed E-state index contributed by atoms with van der Waals surface area (Å²) < 4.78 is 26.6. The Labute approximate surface area is 128 Å². The van der Waals surface area contributed by atoms with Gasteiger partial charge >= 0.3 is 0 Å². The lowest BCUT2D eigenvalue weighted by molar-refractivity contribution is 0.581. The number of nitrogens with zero attached hydrogens (tertiary/aromatic N) is 1. The van der Waals surface area contributed by atoms with Gasteiger partial charge in [0, 0.05) is 17.8 Å². The van der Waals surface area contributed by atoms with E-state index in [2.05, 4.69) is 15.1 Å². The first kappa shape index (κ1) is 15.7. The van der Waals surface area contributed by atoms with Crippen LogP contribution in [0.1, 0.15) is 5.56 Å². The molecular weight excluding hydrogens is 312 g/mol. The van der Waals surface area contributed by atoms with Gasteiger partial charge in [-0.3, -0.25) is 0 Å². The van der Waals surface area contributed by atoms with Crippen molar-refractivity contribution in [2.45, 2.75) is 11.3 Å². The fraction of sp³-hybridized carbons (Fsp3) is 0.154. The maximum Gasteiger partial charge on any atom is 0.242 e. The zero-order valence-corrected chi connectivity index (χ0v) is 12.7. The number of benzene rings is 1. The Bertz CT molecular complexity index is 687. The number of sulfonamides is 1. The Morgan fingerprint density at radius 3 is 2.43 bits per heavy atom. The van der Waals surface area contributed by atoms with Crippen molar-refractivity contribution in [2.24, 2.45) is 5.84 Å². The smallest absolute Gasteiger partial charge is 0.242 e. The fourth-order valence-electron chi connectivity index (χ4n) is 1.69. The highest BCUT2D eigenvalue weighted by molar-refractivity contribution is 7.89. The van der Waals surface area contributed by atoms with Crippen LogP contribution >= 0.6 is 11.6 Å². The average molecular weight is 327 g/mol. The quantitative estimate of drug-likeness (QED) is 0.552. The summed E-state index contributed by atoms with van der Waals surface area (Å²) in [5.74, 6) is 5.58. The van der Waals surface area contributed by atoms with Crippen molar-refractivity contribution >= 4 is 27.4 Å². The first-order valence-electron chi connectivity index (χ1n) is 6.18. The molecule has 0 unspecified atom stereocenters. The number of nitrogens with two attached hydrogens (primary N) is 1. The number of nitrogen functional groups attached to an aromatic ring is 1. The van der Waals surface area contributed by atoms with E-state index < -0.39 is 10.0 Å². The number of halogens is 1. The van der Waals surface area contributed by atoms with Gasteiger partial charge in [0.05, 0.1) is 0 Å². The van der Waals surface area contributed by atoms with E-state index in [1.807, 2.05) is 12.1 Å². The molecule has 2 aromatic rings. The van der Waals surface area contributed by atoms with Crippen LogP contribution in [0.2, 0.25) is 5.02 Å². The van der Waals surface area contributed by atoms with E-state index in [1.54, 1.807) is 12.1 Å². The van der Waals surface area contributed by atoms with Gasteiger partial charge in [-0.25, -0.2) is 24.0 Å². The highest BCUT2D eigenvalue weighted by Gasteiger charge is 2.13. The third kappa shape index (κ3) is 4.40. The first-order chi connectivity index (χ1) is 10.0. The molecule has 6 nitrogen and oxygen atoms in total. The Hall–Kier alpha value is -1.67. The van der Waals surface area contributed by atoms with Crippen LogP contribution in [0, 0.1) is 0 Å². The molecule has 0 amide bonds. The van der Waals surface area contributed by atoms with Gasteiger partial charge in [-0.05, 0) is 36.2 Å². The van der Waals surface area contributed by atoms with E-state index in [1.165, 1.54) is 18.3 Å². The zero-order valence-electron chi connectivity index (χ0n) is 11.1. The Kier molecular flexibility index (Phi) is 5.13. The molecule has 1 aromatic carbocycles. The van der Waals surface area contributed by atoms with E-state index in [9.17, 15) is 8.42 Å². The summed E-state index contributed by atoms with van der Waals surface area (Å²) in [6.45, 7) is 0.293. The molecular formula is C13H15ClN4O2S. The van der Waals surface area contributed by atoms with Crippen LogP contribution in [-0.4, -0.2) is 19.9 Å². The van der Waals surface area contributed by atoms with Gasteiger partial charge in [0.1, 0.15) is 10.7 Å². The number of aromatic nitrogens is 1. The standard InChI is InChI=1S/C13H15ClN4O2S/c14-11-3-1-10(2-4-11)7-8-17-21(19,20)12-5-6-13(18-15)16-9-12/h1-6,9,17H,7-8,15H2,(H,16,18). The molecule has 0 radical (unpaired) electrons. The number of hydrazine groups is 1. The molecule has 4 N–H and O–H groups in total. The summed E-state index contributed by atoms with van der Waals surface area (Å²) in [7, 11) is -3.57. The molecule has 21 heavy (non-hydrogen) atoms. The third-order valence-corrected chi connectivity index (χ3v) is 4.51. The molecule has 0 saturated heterocycles. The summed E-state index contributed by atoms with van der Waals surface area (Å²) in [6.07, 6.45) is 1.83. The molecule has 0 fully saturated rings. The van der Waals surface area contributed by atoms with E-state index in [0.29, 0.717) is 23.8 Å². The van der Waals surface area contributed by atoms with Crippen LogP contribution in [0.3, 0.4) is 0 Å². The van der Waals surface area contributed by atoms with Crippen molar-refractivity contribution in [1.82, 2.24) is 9.71 Å². The summed E-state index contributed by atoms with van der Waals surface area (Å²) in [4.78, 5) is 3.96. The first-order valence-corrected chi connectivity index (χ1v) is 8.04. The second kappa shape index (κ2) is 6.86. The Balaban J connectivity index is 1.95. The number of hydrogen-bond donors (Lipinski definition) is 3. The second-order valence-electron chi connectivity index (χ2n) is 4.30. The van der Waals surface area contributed by atoms with Gasteiger partial charge in [-0.15, -0.1) is 0 Å². The SMILES string of the molecule is NNc1ccc(S(=O)(=O)NCCc2ccc(Cl)cc2)cn1. The van der Waals surface area contributed by atoms with E-state index in [4.69, 9.17) is 17.4 Å². The molecule has 0 aliphatic heterocycles. The molecule has 0 atom stereocenters. The van der Waals surface area contributed by atoms with Gasteiger partial charge in [-0.2, -0.15) is 0 Å². The fourth-order valence-corrected chi connectivity index (χ4v) is 2.79. The van der Waals surface area contributed by atoms with E-state index in [0.717, 1.165) is 5.56 Å². The molecule has 2 rings (SSSR count). The van der Waals surface area contributed by atoms with Crippen LogP contribution < -0.4 is 16.0 Å². The summed E-state index contributed by atoms with van der Waals surface area (Å²) in [5, 5.41) is 0.652. The molecule has 0 aliphatic rings. The molecule has 8 heteroatoms. The van der Waals surface area contributed by atoms with Crippen molar-refractivity contribution in [3.05, 3.63) is 53.2 Å². The average Bonchev–Trinajstić information content (AvgIpc) is 2.49.